The summed E-state index contributed by atoms with van der Waals surface area (Å²) in [6.45, 7) is 4.92. The Kier molecular flexibility index (Phi) is 7.99. The molecule has 3 aromatic carbocycles. The minimum atomic E-state index is -1.78. The first-order valence-electron chi connectivity index (χ1n) is 12.5. The number of rotatable bonds is 8. The number of aryl methyl sites for hydroxylation is 1. The molecule has 9 nitrogen and oxygen atoms in total. The lowest BCUT2D eigenvalue weighted by atomic mass is 9.91. The van der Waals surface area contributed by atoms with Crippen molar-refractivity contribution in [3.63, 3.8) is 0 Å². The number of carbonyl (C=O) groups excluding carboxylic acids is 2. The van der Waals surface area contributed by atoms with Crippen molar-refractivity contribution >= 4 is 23.7 Å². The monoisotopic (exact) mass is 544 g/mol. The van der Waals surface area contributed by atoms with Crippen LogP contribution in [0.1, 0.15) is 47.1 Å². The molecular formula is C30H29FN4O5. The number of carboxylic acids is 1. The first-order chi connectivity index (χ1) is 19.0. The number of anilines is 1. The quantitative estimate of drug-likeness (QED) is 0.266. The van der Waals surface area contributed by atoms with Crippen LogP contribution in [0.2, 0.25) is 0 Å². The van der Waals surface area contributed by atoms with Crippen molar-refractivity contribution in [3.05, 3.63) is 107 Å². The molecule has 10 heteroatoms. The van der Waals surface area contributed by atoms with Gasteiger partial charge in [0.15, 0.2) is 5.54 Å². The molecule has 0 bridgehead atoms. The Balaban J connectivity index is 1.52. The van der Waals surface area contributed by atoms with Gasteiger partial charge in [-0.25, -0.2) is 14.0 Å². The van der Waals surface area contributed by atoms with E-state index in [4.69, 9.17) is 4.74 Å². The van der Waals surface area contributed by atoms with Crippen molar-refractivity contribution in [1.82, 2.24) is 15.1 Å². The third kappa shape index (κ3) is 5.85. The summed E-state index contributed by atoms with van der Waals surface area (Å²) in [5, 5.41) is 19.7. The fraction of sp³-hybridized carbons (Fsp3) is 0.200. The van der Waals surface area contributed by atoms with E-state index in [1.807, 2.05) is 30.3 Å². The van der Waals surface area contributed by atoms with Gasteiger partial charge in [0.2, 0.25) is 0 Å². The van der Waals surface area contributed by atoms with E-state index in [1.165, 1.54) is 31.2 Å². The van der Waals surface area contributed by atoms with Crippen LogP contribution in [0.3, 0.4) is 0 Å². The van der Waals surface area contributed by atoms with E-state index < -0.39 is 35.4 Å². The van der Waals surface area contributed by atoms with Crippen LogP contribution in [0.4, 0.5) is 14.9 Å². The Bertz CT molecular complexity index is 1540. The first-order valence-corrected chi connectivity index (χ1v) is 12.5. The SMILES string of the molecule is Cc1c(NC(=O)OC(C)c2ccccc2)c(-c2ccc(C(=O)NC(C)(C(=O)O)c3ccc(F)cc3)cc2)nn1C. The van der Waals surface area contributed by atoms with E-state index >= 15 is 0 Å². The van der Waals surface area contributed by atoms with Crippen molar-refractivity contribution in [2.24, 2.45) is 7.05 Å². The van der Waals surface area contributed by atoms with Crippen molar-refractivity contribution < 1.29 is 28.6 Å². The highest BCUT2D eigenvalue weighted by Gasteiger charge is 2.37. The molecule has 0 spiro atoms. The summed E-state index contributed by atoms with van der Waals surface area (Å²) in [6, 6.07) is 20.6. The summed E-state index contributed by atoms with van der Waals surface area (Å²) in [5.41, 5.74) is 1.74. The Morgan fingerprint density at radius 3 is 2.23 bits per heavy atom. The molecule has 40 heavy (non-hydrogen) atoms. The van der Waals surface area contributed by atoms with E-state index in [1.54, 1.807) is 37.7 Å². The van der Waals surface area contributed by atoms with Gasteiger partial charge in [-0.1, -0.05) is 54.6 Å². The molecule has 0 aliphatic carbocycles. The fourth-order valence-electron chi connectivity index (χ4n) is 4.16. The highest BCUT2D eigenvalue weighted by Crippen LogP contribution is 2.31. The number of nitrogens with zero attached hydrogens (tertiary/aromatic N) is 2. The molecule has 2 unspecified atom stereocenters. The van der Waals surface area contributed by atoms with Gasteiger partial charge in [0.25, 0.3) is 5.91 Å². The Morgan fingerprint density at radius 2 is 1.62 bits per heavy atom. The molecule has 0 fully saturated rings. The maximum absolute atomic E-state index is 13.4. The molecule has 2 atom stereocenters. The number of benzene rings is 3. The van der Waals surface area contributed by atoms with E-state index in [0.29, 0.717) is 22.6 Å². The summed E-state index contributed by atoms with van der Waals surface area (Å²) in [6.07, 6.45) is -1.11. The van der Waals surface area contributed by atoms with Gasteiger partial charge in [0, 0.05) is 18.2 Å². The number of carbonyl (C=O) groups is 3. The second-order valence-corrected chi connectivity index (χ2v) is 9.48. The number of ether oxygens (including phenoxy) is 1. The molecule has 0 saturated heterocycles. The molecule has 0 aliphatic heterocycles. The van der Waals surface area contributed by atoms with Crippen molar-refractivity contribution in [1.29, 1.82) is 0 Å². The zero-order chi connectivity index (χ0) is 29.0. The van der Waals surface area contributed by atoms with Crippen LogP contribution < -0.4 is 10.6 Å². The van der Waals surface area contributed by atoms with Crippen LogP contribution in [-0.2, 0) is 22.1 Å². The largest absolute Gasteiger partial charge is 0.479 e. The van der Waals surface area contributed by atoms with Gasteiger partial charge in [-0.05, 0) is 56.2 Å². The maximum Gasteiger partial charge on any atom is 0.412 e. The van der Waals surface area contributed by atoms with Crippen LogP contribution in [0.5, 0.6) is 0 Å². The standard InChI is InChI=1S/C30H29FN4O5/c1-18-25(32-29(39)40-19(2)20-8-6-5-7-9-20)26(34-35(18)4)21-10-12-22(13-11-21)27(36)33-30(3,28(37)38)23-14-16-24(31)17-15-23/h5-17,19H,1-4H3,(H,32,39)(H,33,36)(H,37,38). The lowest BCUT2D eigenvalue weighted by molar-refractivity contribution is -0.144. The lowest BCUT2D eigenvalue weighted by Gasteiger charge is -2.27. The molecule has 1 heterocycles. The highest BCUT2D eigenvalue weighted by molar-refractivity contribution is 5.99. The van der Waals surface area contributed by atoms with Gasteiger partial charge in [-0.15, -0.1) is 0 Å². The van der Waals surface area contributed by atoms with E-state index in [2.05, 4.69) is 15.7 Å². The number of halogens is 1. The average Bonchev–Trinajstić information content (AvgIpc) is 3.22. The van der Waals surface area contributed by atoms with E-state index in [9.17, 15) is 23.9 Å². The molecule has 3 N–H and O–H groups in total. The topological polar surface area (TPSA) is 123 Å². The van der Waals surface area contributed by atoms with Gasteiger partial charge >= 0.3 is 12.1 Å². The minimum Gasteiger partial charge on any atom is -0.479 e. The van der Waals surface area contributed by atoms with Crippen molar-refractivity contribution in [2.45, 2.75) is 32.4 Å². The number of aliphatic carboxylic acids is 1. The van der Waals surface area contributed by atoms with Gasteiger partial charge in [0.1, 0.15) is 17.6 Å². The van der Waals surface area contributed by atoms with E-state index in [-0.39, 0.29) is 11.1 Å². The van der Waals surface area contributed by atoms with Crippen LogP contribution in [0.25, 0.3) is 11.3 Å². The van der Waals surface area contributed by atoms with Crippen molar-refractivity contribution in [2.75, 3.05) is 5.32 Å². The lowest BCUT2D eigenvalue weighted by Crippen LogP contribution is -2.49. The normalized spacial score (nSPS) is 13.1. The number of hydrogen-bond acceptors (Lipinski definition) is 5. The highest BCUT2D eigenvalue weighted by atomic mass is 19.1. The summed E-state index contributed by atoms with van der Waals surface area (Å²) < 4.78 is 20.5. The Labute approximate surface area is 230 Å². The summed E-state index contributed by atoms with van der Waals surface area (Å²) in [5.74, 6) is -2.44. The summed E-state index contributed by atoms with van der Waals surface area (Å²) in [4.78, 5) is 37.8. The zero-order valence-corrected chi connectivity index (χ0v) is 22.4. The molecule has 2 amide bonds. The van der Waals surface area contributed by atoms with Gasteiger partial charge in [0.05, 0.1) is 11.4 Å². The third-order valence-electron chi connectivity index (χ3n) is 6.75. The average molecular weight is 545 g/mol. The Hall–Kier alpha value is -4.99. The third-order valence-corrected chi connectivity index (χ3v) is 6.75. The molecule has 206 valence electrons. The second kappa shape index (κ2) is 11.4. The van der Waals surface area contributed by atoms with E-state index in [0.717, 1.165) is 17.7 Å². The number of hydrogen-bond donors (Lipinski definition) is 3. The van der Waals surface area contributed by atoms with Crippen molar-refractivity contribution in [3.8, 4) is 11.3 Å². The predicted octanol–water partition coefficient (Wildman–Crippen LogP) is 5.57. The smallest absolute Gasteiger partial charge is 0.412 e. The first kappa shape index (κ1) is 28.0. The Morgan fingerprint density at radius 1 is 1.00 bits per heavy atom. The molecule has 0 saturated carbocycles. The number of aromatic nitrogens is 2. The summed E-state index contributed by atoms with van der Waals surface area (Å²) in [7, 11) is 1.74. The molecule has 1 aromatic heterocycles. The van der Waals surface area contributed by atoms with Gasteiger partial charge < -0.3 is 15.2 Å². The predicted molar refractivity (Wildman–Crippen MR) is 147 cm³/mol. The number of amides is 2. The minimum absolute atomic E-state index is 0.205. The summed E-state index contributed by atoms with van der Waals surface area (Å²) >= 11 is 0. The van der Waals surface area contributed by atoms with Crippen LogP contribution in [0, 0.1) is 12.7 Å². The zero-order valence-electron chi connectivity index (χ0n) is 22.4. The second-order valence-electron chi connectivity index (χ2n) is 9.48. The number of nitrogens with one attached hydrogen (secondary N) is 2. The maximum atomic E-state index is 13.4. The van der Waals surface area contributed by atoms with Gasteiger partial charge in [-0.2, -0.15) is 5.10 Å². The molecular weight excluding hydrogens is 515 g/mol. The van der Waals surface area contributed by atoms with Crippen LogP contribution >= 0.6 is 0 Å². The van der Waals surface area contributed by atoms with Crippen LogP contribution in [0.15, 0.2) is 78.9 Å². The molecule has 4 rings (SSSR count). The molecule has 0 radical (unpaired) electrons. The number of carboxylic acid groups (broad SMARTS) is 1. The van der Waals surface area contributed by atoms with Gasteiger partial charge in [-0.3, -0.25) is 14.8 Å². The fourth-order valence-corrected chi connectivity index (χ4v) is 4.16. The molecule has 0 aliphatic rings. The molecule has 4 aromatic rings. The van der Waals surface area contributed by atoms with Crippen LogP contribution in [-0.4, -0.2) is 32.9 Å².